The lowest BCUT2D eigenvalue weighted by molar-refractivity contribution is 1.28. The number of hydrogen-bond donors (Lipinski definition) is 0. The normalized spacial score (nSPS) is 11.5. The first-order chi connectivity index (χ1) is 31.2. The Morgan fingerprint density at radius 2 is 0.667 bits per heavy atom. The first kappa shape index (κ1) is 36.6. The molecule has 1 nitrogen and oxygen atoms in total. The lowest BCUT2D eigenvalue weighted by Crippen LogP contribution is -2.11. The molecule has 0 aliphatic carbocycles. The van der Waals surface area contributed by atoms with E-state index >= 15 is 0 Å². The zero-order chi connectivity index (χ0) is 41.7. The molecule has 12 aromatic rings. The largest absolute Gasteiger partial charge is 0.310 e. The van der Waals surface area contributed by atoms with E-state index in [4.69, 9.17) is 0 Å². The number of fused-ring (bicyclic) bond motifs is 8. The van der Waals surface area contributed by atoms with Gasteiger partial charge in [-0.25, -0.2) is 0 Å². The molecule has 0 amide bonds. The van der Waals surface area contributed by atoms with Crippen molar-refractivity contribution in [2.75, 3.05) is 4.90 Å². The Morgan fingerprint density at radius 3 is 1.46 bits per heavy atom. The van der Waals surface area contributed by atoms with Gasteiger partial charge in [-0.3, -0.25) is 0 Å². The van der Waals surface area contributed by atoms with E-state index in [0.717, 1.165) is 17.1 Å². The van der Waals surface area contributed by atoms with Crippen LogP contribution in [0.2, 0.25) is 0 Å². The summed E-state index contributed by atoms with van der Waals surface area (Å²) in [6.07, 6.45) is 0. The zero-order valence-corrected chi connectivity index (χ0v) is 34.6. The first-order valence-electron chi connectivity index (χ1n) is 21.7. The summed E-state index contributed by atoms with van der Waals surface area (Å²) in [6, 6.07) is 90.9. The molecule has 294 valence electrons. The Hall–Kier alpha value is -8.26. The van der Waals surface area contributed by atoms with Crippen LogP contribution < -0.4 is 4.90 Å². The molecule has 1 heteroatoms. The molecule has 0 fully saturated rings. The summed E-state index contributed by atoms with van der Waals surface area (Å²) < 4.78 is 0. The molecule has 12 aromatic carbocycles. The van der Waals surface area contributed by atoms with Crippen LogP contribution in [0.15, 0.2) is 249 Å². The van der Waals surface area contributed by atoms with Crippen LogP contribution >= 0.6 is 0 Å². The third-order valence-electron chi connectivity index (χ3n) is 12.9. The molecule has 0 spiro atoms. The van der Waals surface area contributed by atoms with Gasteiger partial charge in [0.2, 0.25) is 0 Å². The minimum absolute atomic E-state index is 1.09. The summed E-state index contributed by atoms with van der Waals surface area (Å²) in [7, 11) is 0. The Balaban J connectivity index is 0.937. The number of benzene rings is 12. The maximum Gasteiger partial charge on any atom is 0.0540 e. The van der Waals surface area contributed by atoms with Crippen molar-refractivity contribution in [2.24, 2.45) is 0 Å². The molecule has 0 radical (unpaired) electrons. The van der Waals surface area contributed by atoms with E-state index in [1.165, 1.54) is 98.4 Å². The van der Waals surface area contributed by atoms with Gasteiger partial charge in [-0.2, -0.15) is 0 Å². The highest BCUT2D eigenvalue weighted by Crippen LogP contribution is 2.43. The maximum atomic E-state index is 2.40. The number of hydrogen-bond acceptors (Lipinski definition) is 1. The van der Waals surface area contributed by atoms with Crippen molar-refractivity contribution in [3.05, 3.63) is 249 Å². The summed E-state index contributed by atoms with van der Waals surface area (Å²) in [5.74, 6) is 0. The molecule has 0 bridgehead atoms. The standard InChI is InChI=1S/C62H41N/c1-2-14-43(15-3-1)54-22-10-11-27-62(54)63(50-35-30-45(31-36-50)61-41-48-17-5-7-21-52(48)55-23-8-9-24-57(55)61)49-33-28-42(29-34-49)46-18-12-19-47(40-46)53-25-13-26-56-59(53)39-38-58-51-20-6-4-16-44(51)32-37-60(56)58/h1-41H. The van der Waals surface area contributed by atoms with E-state index in [0.29, 0.717) is 0 Å². The molecule has 0 aromatic heterocycles. The second kappa shape index (κ2) is 15.3. The molecule has 63 heavy (non-hydrogen) atoms. The molecule has 0 aliphatic rings. The number of rotatable bonds is 7. The molecule has 0 atom stereocenters. The van der Waals surface area contributed by atoms with Crippen molar-refractivity contribution < 1.29 is 0 Å². The van der Waals surface area contributed by atoms with Crippen LogP contribution in [0.5, 0.6) is 0 Å². The molecule has 0 heterocycles. The van der Waals surface area contributed by atoms with Gasteiger partial charge in [0.15, 0.2) is 0 Å². The number of anilines is 3. The van der Waals surface area contributed by atoms with E-state index < -0.39 is 0 Å². The van der Waals surface area contributed by atoms with Gasteiger partial charge in [0, 0.05) is 16.9 Å². The molecule has 0 unspecified atom stereocenters. The van der Waals surface area contributed by atoms with Gasteiger partial charge in [-0.15, -0.1) is 0 Å². The number of para-hydroxylation sites is 1. The fraction of sp³-hybridized carbons (Fsp3) is 0. The van der Waals surface area contributed by atoms with Crippen LogP contribution in [0.3, 0.4) is 0 Å². The molecule has 12 rings (SSSR count). The monoisotopic (exact) mass is 799 g/mol. The van der Waals surface area contributed by atoms with Gasteiger partial charge in [0.1, 0.15) is 0 Å². The topological polar surface area (TPSA) is 3.24 Å². The van der Waals surface area contributed by atoms with Gasteiger partial charge in [-0.1, -0.05) is 206 Å². The Bertz CT molecular complexity index is 3660. The van der Waals surface area contributed by atoms with E-state index in [1.54, 1.807) is 0 Å². The van der Waals surface area contributed by atoms with E-state index in [1.807, 2.05) is 0 Å². The van der Waals surface area contributed by atoms with Crippen molar-refractivity contribution >= 4 is 70.9 Å². The summed E-state index contributed by atoms with van der Waals surface area (Å²) in [6.45, 7) is 0. The summed E-state index contributed by atoms with van der Waals surface area (Å²) in [5, 5.41) is 12.8. The predicted molar refractivity (Wildman–Crippen MR) is 270 cm³/mol. The molecule has 0 N–H and O–H groups in total. The second-order valence-electron chi connectivity index (χ2n) is 16.4. The van der Waals surface area contributed by atoms with Crippen molar-refractivity contribution in [3.8, 4) is 44.5 Å². The number of nitrogens with zero attached hydrogens (tertiary/aromatic N) is 1. The molecule has 0 aliphatic heterocycles. The van der Waals surface area contributed by atoms with Crippen LogP contribution in [0.1, 0.15) is 0 Å². The van der Waals surface area contributed by atoms with Crippen molar-refractivity contribution in [1.82, 2.24) is 0 Å². The van der Waals surface area contributed by atoms with Crippen molar-refractivity contribution in [1.29, 1.82) is 0 Å². The van der Waals surface area contributed by atoms with Gasteiger partial charge >= 0.3 is 0 Å². The Labute approximate surface area is 367 Å². The summed E-state index contributed by atoms with van der Waals surface area (Å²) in [5.41, 5.74) is 12.9. The molecular weight excluding hydrogens is 759 g/mol. The van der Waals surface area contributed by atoms with Crippen molar-refractivity contribution in [2.45, 2.75) is 0 Å². The van der Waals surface area contributed by atoms with Crippen LogP contribution in [-0.4, -0.2) is 0 Å². The average molecular weight is 800 g/mol. The van der Waals surface area contributed by atoms with Crippen LogP contribution in [-0.2, 0) is 0 Å². The van der Waals surface area contributed by atoms with Gasteiger partial charge in [0.05, 0.1) is 5.69 Å². The van der Waals surface area contributed by atoms with Gasteiger partial charge in [-0.05, 0) is 135 Å². The highest BCUT2D eigenvalue weighted by atomic mass is 15.1. The maximum absolute atomic E-state index is 2.40. The Kier molecular flexibility index (Phi) is 8.90. The molecule has 0 saturated carbocycles. The summed E-state index contributed by atoms with van der Waals surface area (Å²) >= 11 is 0. The fourth-order valence-corrected chi connectivity index (χ4v) is 9.82. The smallest absolute Gasteiger partial charge is 0.0540 e. The van der Waals surface area contributed by atoms with Crippen LogP contribution in [0.4, 0.5) is 17.1 Å². The molecule has 0 saturated heterocycles. The first-order valence-corrected chi connectivity index (χ1v) is 21.7. The quantitative estimate of drug-likeness (QED) is 0.145. The minimum Gasteiger partial charge on any atom is -0.310 e. The fourth-order valence-electron chi connectivity index (χ4n) is 9.82. The minimum atomic E-state index is 1.09. The van der Waals surface area contributed by atoms with Gasteiger partial charge < -0.3 is 4.90 Å². The average Bonchev–Trinajstić information content (AvgIpc) is 3.36. The highest BCUT2D eigenvalue weighted by Gasteiger charge is 2.18. The summed E-state index contributed by atoms with van der Waals surface area (Å²) in [4.78, 5) is 2.40. The van der Waals surface area contributed by atoms with Crippen molar-refractivity contribution in [3.63, 3.8) is 0 Å². The Morgan fingerprint density at radius 1 is 0.206 bits per heavy atom. The SMILES string of the molecule is c1ccc(-c2ccccc2N(c2ccc(-c3cccc(-c4cccc5c4ccc4c6ccccc6ccc54)c3)cc2)c2ccc(-c3cc4ccccc4c4ccccc34)cc2)cc1. The van der Waals surface area contributed by atoms with Crippen LogP contribution in [0.25, 0.3) is 98.4 Å². The lowest BCUT2D eigenvalue weighted by Gasteiger charge is -2.28. The third-order valence-corrected chi connectivity index (χ3v) is 12.9. The predicted octanol–water partition coefficient (Wildman–Crippen LogP) is 17.6. The van der Waals surface area contributed by atoms with E-state index in [2.05, 4.69) is 254 Å². The van der Waals surface area contributed by atoms with E-state index in [9.17, 15) is 0 Å². The zero-order valence-electron chi connectivity index (χ0n) is 34.6. The molecular formula is C62H41N. The van der Waals surface area contributed by atoms with Crippen LogP contribution in [0, 0.1) is 0 Å². The lowest BCUT2D eigenvalue weighted by atomic mass is 9.91. The highest BCUT2D eigenvalue weighted by molar-refractivity contribution is 6.19. The second-order valence-corrected chi connectivity index (χ2v) is 16.4. The van der Waals surface area contributed by atoms with E-state index in [-0.39, 0.29) is 0 Å². The van der Waals surface area contributed by atoms with Gasteiger partial charge in [0.25, 0.3) is 0 Å². The third kappa shape index (κ3) is 6.42.